The quantitative estimate of drug-likeness (QED) is 0.621. The smallest absolute Gasteiger partial charge is 0.131 e. The van der Waals surface area contributed by atoms with E-state index >= 15 is 0 Å². The normalized spacial score (nSPS) is 9.70. The summed E-state index contributed by atoms with van der Waals surface area (Å²) >= 11 is 0. The minimum atomic E-state index is 0.960. The topological polar surface area (TPSA) is 17.8 Å². The van der Waals surface area contributed by atoms with Gasteiger partial charge in [0.05, 0.1) is 0 Å². The van der Waals surface area contributed by atoms with Crippen LogP contribution in [0.1, 0.15) is 19.2 Å². The molecule has 0 amide bonds. The van der Waals surface area contributed by atoms with Crippen LogP contribution in [0.15, 0.2) is 19.0 Å². The Morgan fingerprint density at radius 3 is 3.20 bits per heavy atom. The average Bonchev–Trinajstić information content (AvgIpc) is 2.36. The van der Waals surface area contributed by atoms with E-state index < -0.39 is 0 Å². The van der Waals surface area contributed by atoms with Crippen LogP contribution in [0.3, 0.4) is 0 Å². The first-order valence-electron chi connectivity index (χ1n) is 3.52. The van der Waals surface area contributed by atoms with Crippen LogP contribution in [0.5, 0.6) is 0 Å². The van der Waals surface area contributed by atoms with E-state index in [-0.39, 0.29) is 0 Å². The average molecular weight is 136 g/mol. The molecule has 0 fully saturated rings. The maximum Gasteiger partial charge on any atom is 0.131 e. The van der Waals surface area contributed by atoms with Crippen LogP contribution >= 0.6 is 0 Å². The Morgan fingerprint density at radius 1 is 1.80 bits per heavy atom. The van der Waals surface area contributed by atoms with Gasteiger partial charge in [-0.3, -0.25) is 0 Å². The summed E-state index contributed by atoms with van der Waals surface area (Å²) in [6.45, 7) is 6.84. The number of aryl methyl sites for hydroxylation is 1. The van der Waals surface area contributed by atoms with Crippen molar-refractivity contribution in [2.24, 2.45) is 0 Å². The molecule has 0 N–H and O–H groups in total. The summed E-state index contributed by atoms with van der Waals surface area (Å²) in [6.07, 6.45) is 6.68. The van der Waals surface area contributed by atoms with Crippen molar-refractivity contribution >= 4 is 6.08 Å². The molecule has 0 radical (unpaired) electrons. The van der Waals surface area contributed by atoms with Crippen LogP contribution in [0.4, 0.5) is 0 Å². The molecule has 0 atom stereocenters. The van der Waals surface area contributed by atoms with Crippen molar-refractivity contribution in [2.75, 3.05) is 0 Å². The molecule has 2 nitrogen and oxygen atoms in total. The Kier molecular flexibility index (Phi) is 2.26. The van der Waals surface area contributed by atoms with Crippen LogP contribution in [0.25, 0.3) is 6.08 Å². The maximum absolute atomic E-state index is 4.10. The van der Waals surface area contributed by atoms with Gasteiger partial charge in [-0.05, 0) is 12.5 Å². The molecule has 0 bridgehead atoms. The summed E-state index contributed by atoms with van der Waals surface area (Å²) in [5.74, 6) is 0.960. The number of rotatable bonds is 3. The van der Waals surface area contributed by atoms with Crippen molar-refractivity contribution in [3.05, 3.63) is 24.8 Å². The summed E-state index contributed by atoms with van der Waals surface area (Å²) in [5, 5.41) is 0. The van der Waals surface area contributed by atoms with Gasteiger partial charge in [0.2, 0.25) is 0 Å². The molecule has 0 saturated carbocycles. The lowest BCUT2D eigenvalue weighted by atomic mass is 10.4. The molecule has 2 heteroatoms. The number of imidazole rings is 1. The van der Waals surface area contributed by atoms with Crippen molar-refractivity contribution in [3.63, 3.8) is 0 Å². The molecule has 0 aromatic carbocycles. The van der Waals surface area contributed by atoms with E-state index in [1.165, 1.54) is 0 Å². The fourth-order valence-corrected chi connectivity index (χ4v) is 0.941. The lowest BCUT2D eigenvalue weighted by Gasteiger charge is -1.99. The van der Waals surface area contributed by atoms with E-state index in [1.807, 2.05) is 6.20 Å². The Balaban J connectivity index is 2.79. The first-order chi connectivity index (χ1) is 4.88. The molecule has 0 saturated heterocycles. The second kappa shape index (κ2) is 3.20. The first-order valence-corrected chi connectivity index (χ1v) is 3.52. The van der Waals surface area contributed by atoms with Crippen molar-refractivity contribution in [2.45, 2.75) is 19.9 Å². The number of hydrogen-bond donors (Lipinski definition) is 0. The zero-order valence-electron chi connectivity index (χ0n) is 6.25. The molecule has 1 heterocycles. The molecule has 1 rings (SSSR count). The second-order valence-corrected chi connectivity index (χ2v) is 2.18. The molecule has 0 aliphatic rings. The molecular weight excluding hydrogens is 124 g/mol. The Bertz CT molecular complexity index is 213. The minimum absolute atomic E-state index is 0.960. The van der Waals surface area contributed by atoms with E-state index in [2.05, 4.69) is 23.1 Å². The summed E-state index contributed by atoms with van der Waals surface area (Å²) in [4.78, 5) is 4.10. The molecule has 1 aromatic heterocycles. The highest BCUT2D eigenvalue weighted by Crippen LogP contribution is 1.99. The van der Waals surface area contributed by atoms with Crippen LogP contribution < -0.4 is 0 Å². The van der Waals surface area contributed by atoms with Crippen LogP contribution in [0.2, 0.25) is 0 Å². The van der Waals surface area contributed by atoms with E-state index in [4.69, 9.17) is 0 Å². The summed E-state index contributed by atoms with van der Waals surface area (Å²) < 4.78 is 2.09. The fourth-order valence-electron chi connectivity index (χ4n) is 0.941. The van der Waals surface area contributed by atoms with Gasteiger partial charge in [0.25, 0.3) is 0 Å². The number of aromatic nitrogens is 2. The molecule has 54 valence electrons. The molecular formula is C8H12N2. The van der Waals surface area contributed by atoms with Gasteiger partial charge in [-0.2, -0.15) is 0 Å². The van der Waals surface area contributed by atoms with Gasteiger partial charge in [-0.1, -0.05) is 13.5 Å². The van der Waals surface area contributed by atoms with Gasteiger partial charge in [-0.25, -0.2) is 4.98 Å². The third kappa shape index (κ3) is 1.26. The van der Waals surface area contributed by atoms with Crippen molar-refractivity contribution in [1.82, 2.24) is 9.55 Å². The van der Waals surface area contributed by atoms with Crippen molar-refractivity contribution in [3.8, 4) is 0 Å². The zero-order chi connectivity index (χ0) is 7.40. The molecule has 0 aliphatic carbocycles. The van der Waals surface area contributed by atoms with Crippen molar-refractivity contribution in [1.29, 1.82) is 0 Å². The van der Waals surface area contributed by atoms with E-state index in [9.17, 15) is 0 Å². The summed E-state index contributed by atoms with van der Waals surface area (Å²) in [6, 6.07) is 0. The molecule has 10 heavy (non-hydrogen) atoms. The molecule has 1 aromatic rings. The molecule has 0 unspecified atom stereocenters. The Morgan fingerprint density at radius 2 is 2.60 bits per heavy atom. The number of nitrogens with zero attached hydrogens (tertiary/aromatic N) is 2. The van der Waals surface area contributed by atoms with Gasteiger partial charge < -0.3 is 4.57 Å². The largest absolute Gasteiger partial charge is 0.332 e. The summed E-state index contributed by atoms with van der Waals surface area (Å²) in [5.41, 5.74) is 0. The van der Waals surface area contributed by atoms with E-state index in [1.54, 1.807) is 12.3 Å². The lowest BCUT2D eigenvalue weighted by Crippen LogP contribution is -1.96. The molecule has 0 aliphatic heterocycles. The lowest BCUT2D eigenvalue weighted by molar-refractivity contribution is 0.672. The van der Waals surface area contributed by atoms with Gasteiger partial charge in [-0.15, -0.1) is 0 Å². The Labute approximate surface area is 61.2 Å². The second-order valence-electron chi connectivity index (χ2n) is 2.18. The minimum Gasteiger partial charge on any atom is -0.332 e. The fraction of sp³-hybridized carbons (Fsp3) is 0.375. The zero-order valence-corrected chi connectivity index (χ0v) is 6.25. The van der Waals surface area contributed by atoms with Gasteiger partial charge >= 0.3 is 0 Å². The molecule has 0 spiro atoms. The predicted molar refractivity (Wildman–Crippen MR) is 42.6 cm³/mol. The van der Waals surface area contributed by atoms with Gasteiger partial charge in [0.1, 0.15) is 5.82 Å². The maximum atomic E-state index is 4.10. The first kappa shape index (κ1) is 7.06. The highest BCUT2D eigenvalue weighted by atomic mass is 15.0. The Hall–Kier alpha value is -1.05. The monoisotopic (exact) mass is 136 g/mol. The number of hydrogen-bond acceptors (Lipinski definition) is 1. The van der Waals surface area contributed by atoms with Crippen LogP contribution in [-0.4, -0.2) is 9.55 Å². The third-order valence-corrected chi connectivity index (χ3v) is 1.39. The highest BCUT2D eigenvalue weighted by molar-refractivity contribution is 5.36. The van der Waals surface area contributed by atoms with Gasteiger partial charge in [0, 0.05) is 18.9 Å². The standard InChI is InChI=1S/C8H12N2/c1-3-6-10-7-5-9-8(10)4-2/h4-5,7H,2-3,6H2,1H3. The van der Waals surface area contributed by atoms with E-state index in [0.717, 1.165) is 18.8 Å². The van der Waals surface area contributed by atoms with Crippen LogP contribution in [0, 0.1) is 0 Å². The van der Waals surface area contributed by atoms with Crippen molar-refractivity contribution < 1.29 is 0 Å². The SMILES string of the molecule is C=Cc1nccn1CCC. The predicted octanol–water partition coefficient (Wildman–Crippen LogP) is 1.94. The van der Waals surface area contributed by atoms with Gasteiger partial charge in [0.15, 0.2) is 0 Å². The van der Waals surface area contributed by atoms with E-state index in [0.29, 0.717) is 0 Å². The summed E-state index contributed by atoms with van der Waals surface area (Å²) in [7, 11) is 0. The highest BCUT2D eigenvalue weighted by Gasteiger charge is 1.93. The third-order valence-electron chi connectivity index (χ3n) is 1.39. The van der Waals surface area contributed by atoms with Crippen LogP contribution in [-0.2, 0) is 6.54 Å².